The number of aromatic nitrogens is 2. The monoisotopic (exact) mass is 358 g/mol. The summed E-state index contributed by atoms with van der Waals surface area (Å²) >= 11 is 7.00. The van der Waals surface area contributed by atoms with Crippen LogP contribution < -0.4 is 5.56 Å². The van der Waals surface area contributed by atoms with Crippen molar-refractivity contribution in [1.29, 1.82) is 0 Å². The van der Waals surface area contributed by atoms with Gasteiger partial charge in [-0.05, 0) is 67.7 Å². The number of H-pyrrole nitrogens is 1. The minimum Gasteiger partial charge on any atom is -0.478 e. The Morgan fingerprint density at radius 2 is 1.92 bits per heavy atom. The van der Waals surface area contributed by atoms with Crippen LogP contribution in [0.2, 0.25) is 0 Å². The lowest BCUT2D eigenvalue weighted by Crippen LogP contribution is -2.21. The second-order valence-corrected chi connectivity index (χ2v) is 7.33. The van der Waals surface area contributed by atoms with Gasteiger partial charge >= 0.3 is 5.97 Å². The summed E-state index contributed by atoms with van der Waals surface area (Å²) in [5.41, 5.74) is 1.77. The summed E-state index contributed by atoms with van der Waals surface area (Å²) in [4.78, 5) is 29.3. The van der Waals surface area contributed by atoms with E-state index in [1.807, 2.05) is 0 Å². The maximum absolute atomic E-state index is 13.1. The smallest absolute Gasteiger partial charge is 0.335 e. The van der Waals surface area contributed by atoms with Gasteiger partial charge in [-0.15, -0.1) is 11.3 Å². The van der Waals surface area contributed by atoms with E-state index in [0.717, 1.165) is 41.5 Å². The Bertz CT molecular complexity index is 1070. The molecule has 0 radical (unpaired) electrons. The van der Waals surface area contributed by atoms with Gasteiger partial charge in [0.1, 0.15) is 4.83 Å². The molecule has 2 N–H and O–H groups in total. The first-order chi connectivity index (χ1) is 11.6. The minimum absolute atomic E-state index is 0.128. The summed E-state index contributed by atoms with van der Waals surface area (Å²) < 4.78 is 1.78. The zero-order chi connectivity index (χ0) is 16.8. The lowest BCUT2D eigenvalue weighted by atomic mass is 9.97. The Hall–Kier alpha value is -2.25. The van der Waals surface area contributed by atoms with Crippen molar-refractivity contribution in [2.75, 3.05) is 0 Å². The van der Waals surface area contributed by atoms with Crippen molar-refractivity contribution in [3.8, 4) is 5.69 Å². The molecule has 0 atom stereocenters. The molecule has 0 saturated heterocycles. The van der Waals surface area contributed by atoms with Gasteiger partial charge in [0.25, 0.3) is 5.56 Å². The van der Waals surface area contributed by atoms with Crippen molar-refractivity contribution in [3.63, 3.8) is 0 Å². The summed E-state index contributed by atoms with van der Waals surface area (Å²) in [5, 5.41) is 9.73. The molecule has 3 aromatic rings. The van der Waals surface area contributed by atoms with Crippen LogP contribution in [0.1, 0.15) is 33.6 Å². The molecular formula is C17H14N2O3S2. The molecule has 2 aromatic heterocycles. The second kappa shape index (κ2) is 5.68. The number of aryl methyl sites for hydroxylation is 2. The number of benzene rings is 1. The fraction of sp³-hybridized carbons (Fsp3) is 0.235. The highest BCUT2D eigenvalue weighted by molar-refractivity contribution is 7.71. The second-order valence-electron chi connectivity index (χ2n) is 5.84. The Morgan fingerprint density at radius 1 is 1.21 bits per heavy atom. The van der Waals surface area contributed by atoms with Gasteiger partial charge in [-0.3, -0.25) is 9.36 Å². The quantitative estimate of drug-likeness (QED) is 0.685. The first-order valence-electron chi connectivity index (χ1n) is 7.69. The van der Waals surface area contributed by atoms with Gasteiger partial charge in [0.15, 0.2) is 4.77 Å². The van der Waals surface area contributed by atoms with Crippen LogP contribution >= 0.6 is 23.6 Å². The van der Waals surface area contributed by atoms with Crippen molar-refractivity contribution in [2.45, 2.75) is 25.7 Å². The molecule has 24 heavy (non-hydrogen) atoms. The molecule has 1 aromatic carbocycles. The van der Waals surface area contributed by atoms with Gasteiger partial charge in [0, 0.05) is 4.88 Å². The van der Waals surface area contributed by atoms with Crippen LogP contribution in [0.5, 0.6) is 0 Å². The third-order valence-corrected chi connectivity index (χ3v) is 5.88. The summed E-state index contributed by atoms with van der Waals surface area (Å²) in [6, 6.07) is 6.18. The number of aromatic amines is 1. The molecule has 7 heteroatoms. The Labute approximate surface area is 146 Å². The van der Waals surface area contributed by atoms with Crippen LogP contribution in [0.25, 0.3) is 15.9 Å². The van der Waals surface area contributed by atoms with E-state index in [2.05, 4.69) is 4.98 Å². The fourth-order valence-corrected chi connectivity index (χ4v) is 4.86. The predicted molar refractivity (Wildman–Crippen MR) is 96.2 cm³/mol. The van der Waals surface area contributed by atoms with Crippen molar-refractivity contribution in [2.24, 2.45) is 0 Å². The van der Waals surface area contributed by atoms with Gasteiger partial charge in [0.2, 0.25) is 0 Å². The number of rotatable bonds is 2. The SMILES string of the molecule is O=C(O)c1ccc(-n2c(=S)[nH]c3sc4c(c3c2=O)CCCC4)cc1. The highest BCUT2D eigenvalue weighted by Gasteiger charge is 2.20. The van der Waals surface area contributed by atoms with Crippen LogP contribution in [0, 0.1) is 4.77 Å². The van der Waals surface area contributed by atoms with E-state index < -0.39 is 5.97 Å². The maximum Gasteiger partial charge on any atom is 0.335 e. The minimum atomic E-state index is -0.999. The molecule has 1 aliphatic rings. The number of hydrogen-bond acceptors (Lipinski definition) is 4. The lowest BCUT2D eigenvalue weighted by molar-refractivity contribution is 0.0697. The molecule has 1 aliphatic carbocycles. The normalized spacial score (nSPS) is 13.8. The van der Waals surface area contributed by atoms with Crippen molar-refractivity contribution < 1.29 is 9.90 Å². The van der Waals surface area contributed by atoms with Gasteiger partial charge in [0.05, 0.1) is 16.6 Å². The average Bonchev–Trinajstić information content (AvgIpc) is 2.93. The van der Waals surface area contributed by atoms with Gasteiger partial charge < -0.3 is 10.1 Å². The summed E-state index contributed by atoms with van der Waals surface area (Å²) in [6.07, 6.45) is 4.20. The number of thiophene rings is 1. The summed E-state index contributed by atoms with van der Waals surface area (Å²) in [7, 11) is 0. The molecule has 2 heterocycles. The van der Waals surface area contributed by atoms with Crippen LogP contribution in [0.4, 0.5) is 0 Å². The third-order valence-electron chi connectivity index (χ3n) is 4.38. The summed E-state index contributed by atoms with van der Waals surface area (Å²) in [5.74, 6) is -0.999. The number of nitrogens with zero attached hydrogens (tertiary/aromatic N) is 1. The topological polar surface area (TPSA) is 75.1 Å². The Kier molecular flexibility index (Phi) is 3.62. The van der Waals surface area contributed by atoms with E-state index >= 15 is 0 Å². The molecule has 5 nitrogen and oxygen atoms in total. The van der Waals surface area contributed by atoms with Crippen LogP contribution in [-0.4, -0.2) is 20.6 Å². The highest BCUT2D eigenvalue weighted by Crippen LogP contribution is 2.33. The van der Waals surface area contributed by atoms with E-state index in [0.29, 0.717) is 10.5 Å². The van der Waals surface area contributed by atoms with Crippen molar-refractivity contribution >= 4 is 39.7 Å². The Balaban J connectivity index is 1.97. The summed E-state index contributed by atoms with van der Waals surface area (Å²) in [6.45, 7) is 0. The molecule has 0 fully saturated rings. The van der Waals surface area contributed by atoms with E-state index in [1.165, 1.54) is 21.6 Å². The molecular weight excluding hydrogens is 344 g/mol. The molecule has 0 bridgehead atoms. The first-order valence-corrected chi connectivity index (χ1v) is 8.92. The third kappa shape index (κ3) is 2.32. The molecule has 0 saturated carbocycles. The molecule has 0 amide bonds. The zero-order valence-electron chi connectivity index (χ0n) is 12.7. The van der Waals surface area contributed by atoms with Gasteiger partial charge in [-0.25, -0.2) is 4.79 Å². The largest absolute Gasteiger partial charge is 0.478 e. The number of aromatic carboxylic acids is 1. The van der Waals surface area contributed by atoms with Crippen molar-refractivity contribution in [3.05, 3.63) is 55.4 Å². The molecule has 0 unspecified atom stereocenters. The number of carbonyl (C=O) groups is 1. The maximum atomic E-state index is 13.1. The van der Waals surface area contributed by atoms with Crippen LogP contribution in [-0.2, 0) is 12.8 Å². The first kappa shape index (κ1) is 15.3. The molecule has 4 rings (SSSR count). The standard InChI is InChI=1S/C17H14N2O3S2/c20-15-13-11-3-1-2-4-12(11)24-14(13)18-17(23)19(15)10-7-5-9(6-8-10)16(21)22/h5-8H,1-4H2,(H,18,23)(H,21,22). The van der Waals surface area contributed by atoms with Gasteiger partial charge in [-0.2, -0.15) is 0 Å². The van der Waals surface area contributed by atoms with Crippen LogP contribution in [0.15, 0.2) is 29.1 Å². The van der Waals surface area contributed by atoms with Crippen LogP contribution in [0.3, 0.4) is 0 Å². The number of carboxylic acids is 1. The number of fused-ring (bicyclic) bond motifs is 3. The lowest BCUT2D eigenvalue weighted by Gasteiger charge is -2.11. The molecule has 0 spiro atoms. The molecule has 122 valence electrons. The highest BCUT2D eigenvalue weighted by atomic mass is 32.1. The number of nitrogens with one attached hydrogen (secondary N) is 1. The number of carboxylic acid groups (broad SMARTS) is 1. The average molecular weight is 358 g/mol. The van der Waals surface area contributed by atoms with E-state index in [4.69, 9.17) is 17.3 Å². The van der Waals surface area contributed by atoms with E-state index in [9.17, 15) is 9.59 Å². The van der Waals surface area contributed by atoms with Crippen molar-refractivity contribution in [1.82, 2.24) is 9.55 Å². The predicted octanol–water partition coefficient (Wildman–Crippen LogP) is 3.69. The fourth-order valence-electron chi connectivity index (χ4n) is 3.22. The van der Waals surface area contributed by atoms with E-state index in [1.54, 1.807) is 23.5 Å². The Morgan fingerprint density at radius 3 is 2.62 bits per heavy atom. The number of hydrogen-bond donors (Lipinski definition) is 2. The van der Waals surface area contributed by atoms with E-state index in [-0.39, 0.29) is 11.1 Å². The zero-order valence-corrected chi connectivity index (χ0v) is 14.3. The van der Waals surface area contributed by atoms with Gasteiger partial charge in [-0.1, -0.05) is 0 Å². The molecule has 0 aliphatic heterocycles.